The molecule has 1 aliphatic heterocycles. The van der Waals surface area contributed by atoms with Crippen molar-refractivity contribution in [1.29, 1.82) is 0 Å². The summed E-state index contributed by atoms with van der Waals surface area (Å²) in [6, 6.07) is 12.9. The molecule has 1 fully saturated rings. The minimum Gasteiger partial charge on any atom is -0.373 e. The fourth-order valence-corrected chi connectivity index (χ4v) is 2.87. The zero-order chi connectivity index (χ0) is 18.0. The summed E-state index contributed by atoms with van der Waals surface area (Å²) in [5.41, 5.74) is 1.81. The van der Waals surface area contributed by atoms with E-state index >= 15 is 0 Å². The second-order valence-corrected chi connectivity index (χ2v) is 6.14. The van der Waals surface area contributed by atoms with Crippen LogP contribution in [0.5, 0.6) is 0 Å². The summed E-state index contributed by atoms with van der Waals surface area (Å²) >= 11 is 5.94. The van der Waals surface area contributed by atoms with Crippen molar-refractivity contribution >= 4 is 46.4 Å². The third kappa shape index (κ3) is 3.80. The molecule has 128 valence electrons. The summed E-state index contributed by atoms with van der Waals surface area (Å²) in [6.45, 7) is 1.43. The highest BCUT2D eigenvalue weighted by Gasteiger charge is 2.39. The van der Waals surface area contributed by atoms with Crippen molar-refractivity contribution in [2.75, 3.05) is 15.5 Å². The number of benzene rings is 2. The van der Waals surface area contributed by atoms with E-state index in [0.29, 0.717) is 22.1 Å². The standard InChI is InChI=1S/C18H16ClN3O3/c1-11(23)20-13-5-7-14(8-6-13)21-16-10-17(24)22(18(16)25)15-4-2-3-12(19)9-15/h2-9,16,21H,10H2,1H3,(H,20,23)/t16-/m1/s1. The number of nitrogens with zero attached hydrogens (tertiary/aromatic N) is 1. The molecule has 1 aliphatic rings. The fraction of sp³-hybridized carbons (Fsp3) is 0.167. The Kier molecular flexibility index (Phi) is 4.72. The molecule has 6 nitrogen and oxygen atoms in total. The molecule has 7 heteroatoms. The Morgan fingerprint density at radius 3 is 2.44 bits per heavy atom. The van der Waals surface area contributed by atoms with Crippen molar-refractivity contribution in [2.45, 2.75) is 19.4 Å². The fourth-order valence-electron chi connectivity index (χ4n) is 2.69. The van der Waals surface area contributed by atoms with Gasteiger partial charge in [-0.1, -0.05) is 17.7 Å². The molecular weight excluding hydrogens is 342 g/mol. The van der Waals surface area contributed by atoms with Crippen LogP contribution in [-0.4, -0.2) is 23.8 Å². The first-order valence-electron chi connectivity index (χ1n) is 7.70. The zero-order valence-corrected chi connectivity index (χ0v) is 14.2. The number of imide groups is 1. The topological polar surface area (TPSA) is 78.5 Å². The van der Waals surface area contributed by atoms with Gasteiger partial charge >= 0.3 is 0 Å². The van der Waals surface area contributed by atoms with E-state index in [0.717, 1.165) is 4.90 Å². The Balaban J connectivity index is 1.73. The number of hydrogen-bond donors (Lipinski definition) is 2. The van der Waals surface area contributed by atoms with Crippen LogP contribution in [0.15, 0.2) is 48.5 Å². The Bertz CT molecular complexity index is 836. The van der Waals surface area contributed by atoms with Crippen LogP contribution in [-0.2, 0) is 14.4 Å². The number of nitrogens with one attached hydrogen (secondary N) is 2. The van der Waals surface area contributed by atoms with Crippen LogP contribution in [0.25, 0.3) is 0 Å². The SMILES string of the molecule is CC(=O)Nc1ccc(N[C@@H]2CC(=O)N(c3cccc(Cl)c3)C2=O)cc1. The van der Waals surface area contributed by atoms with Crippen LogP contribution >= 0.6 is 11.6 Å². The van der Waals surface area contributed by atoms with E-state index in [-0.39, 0.29) is 24.1 Å². The first kappa shape index (κ1) is 17.0. The van der Waals surface area contributed by atoms with Crippen LogP contribution in [0.4, 0.5) is 17.1 Å². The highest BCUT2D eigenvalue weighted by atomic mass is 35.5. The molecule has 0 radical (unpaired) electrons. The lowest BCUT2D eigenvalue weighted by Crippen LogP contribution is -2.34. The van der Waals surface area contributed by atoms with Crippen LogP contribution in [0, 0.1) is 0 Å². The van der Waals surface area contributed by atoms with Crippen LogP contribution in [0.1, 0.15) is 13.3 Å². The predicted octanol–water partition coefficient (Wildman–Crippen LogP) is 3.04. The van der Waals surface area contributed by atoms with Gasteiger partial charge in [-0.25, -0.2) is 4.90 Å². The maximum Gasteiger partial charge on any atom is 0.256 e. The Hall–Kier alpha value is -2.86. The van der Waals surface area contributed by atoms with Gasteiger partial charge < -0.3 is 10.6 Å². The lowest BCUT2D eigenvalue weighted by Gasteiger charge is -2.16. The highest BCUT2D eigenvalue weighted by molar-refractivity contribution is 6.31. The second kappa shape index (κ2) is 6.94. The van der Waals surface area contributed by atoms with Gasteiger partial charge in [0.15, 0.2) is 0 Å². The van der Waals surface area contributed by atoms with E-state index in [4.69, 9.17) is 11.6 Å². The third-order valence-electron chi connectivity index (χ3n) is 3.76. The van der Waals surface area contributed by atoms with E-state index in [1.807, 2.05) is 0 Å². The smallest absolute Gasteiger partial charge is 0.256 e. The maximum atomic E-state index is 12.6. The first-order valence-corrected chi connectivity index (χ1v) is 8.08. The van der Waals surface area contributed by atoms with Gasteiger partial charge in [-0.3, -0.25) is 14.4 Å². The van der Waals surface area contributed by atoms with Crippen molar-refractivity contribution in [3.8, 4) is 0 Å². The number of rotatable bonds is 4. The normalized spacial score (nSPS) is 16.9. The molecule has 2 aromatic carbocycles. The minimum atomic E-state index is -0.641. The van der Waals surface area contributed by atoms with Gasteiger partial charge in [-0.15, -0.1) is 0 Å². The molecule has 0 aliphatic carbocycles. The Morgan fingerprint density at radius 1 is 1.12 bits per heavy atom. The van der Waals surface area contributed by atoms with Crippen LogP contribution in [0.2, 0.25) is 5.02 Å². The maximum absolute atomic E-state index is 12.6. The summed E-state index contributed by atoms with van der Waals surface area (Å²) in [7, 11) is 0. The minimum absolute atomic E-state index is 0.0682. The highest BCUT2D eigenvalue weighted by Crippen LogP contribution is 2.27. The van der Waals surface area contributed by atoms with Crippen molar-refractivity contribution < 1.29 is 14.4 Å². The largest absolute Gasteiger partial charge is 0.373 e. The monoisotopic (exact) mass is 357 g/mol. The predicted molar refractivity (Wildman–Crippen MR) is 96.7 cm³/mol. The van der Waals surface area contributed by atoms with Gasteiger partial charge in [-0.05, 0) is 42.5 Å². The first-order chi connectivity index (χ1) is 11.9. The Morgan fingerprint density at radius 2 is 1.80 bits per heavy atom. The van der Waals surface area contributed by atoms with Gasteiger partial charge in [0.25, 0.3) is 5.91 Å². The van der Waals surface area contributed by atoms with E-state index in [1.165, 1.54) is 6.92 Å². The molecule has 1 heterocycles. The summed E-state index contributed by atoms with van der Waals surface area (Å²) in [5.74, 6) is -0.757. The van der Waals surface area contributed by atoms with Gasteiger partial charge in [-0.2, -0.15) is 0 Å². The summed E-state index contributed by atoms with van der Waals surface area (Å²) in [6.07, 6.45) is 0.0682. The molecule has 0 aromatic heterocycles. The van der Waals surface area contributed by atoms with Crippen molar-refractivity contribution in [3.05, 3.63) is 53.6 Å². The summed E-state index contributed by atoms with van der Waals surface area (Å²) < 4.78 is 0. The molecule has 1 atom stereocenters. The molecule has 2 N–H and O–H groups in total. The lowest BCUT2D eigenvalue weighted by molar-refractivity contribution is -0.121. The lowest BCUT2D eigenvalue weighted by atomic mass is 10.2. The second-order valence-electron chi connectivity index (χ2n) is 5.71. The molecular formula is C18H16ClN3O3. The molecule has 0 unspecified atom stereocenters. The van der Waals surface area contributed by atoms with E-state index in [9.17, 15) is 14.4 Å². The molecule has 2 aromatic rings. The molecule has 3 rings (SSSR count). The average Bonchev–Trinajstić information content (AvgIpc) is 2.83. The summed E-state index contributed by atoms with van der Waals surface area (Å²) in [5, 5.41) is 6.19. The number of hydrogen-bond acceptors (Lipinski definition) is 4. The van der Waals surface area contributed by atoms with Crippen molar-refractivity contribution in [1.82, 2.24) is 0 Å². The molecule has 0 bridgehead atoms. The molecule has 0 spiro atoms. The van der Waals surface area contributed by atoms with Gasteiger partial charge in [0.2, 0.25) is 11.8 Å². The van der Waals surface area contributed by atoms with Gasteiger partial charge in [0.1, 0.15) is 6.04 Å². The number of amides is 3. The quantitative estimate of drug-likeness (QED) is 0.824. The number of halogens is 1. The molecule has 1 saturated heterocycles. The van der Waals surface area contributed by atoms with E-state index in [1.54, 1.807) is 48.5 Å². The number of carbonyl (C=O) groups excluding carboxylic acids is 3. The van der Waals surface area contributed by atoms with Crippen molar-refractivity contribution in [3.63, 3.8) is 0 Å². The molecule has 25 heavy (non-hydrogen) atoms. The van der Waals surface area contributed by atoms with Crippen LogP contribution in [0.3, 0.4) is 0 Å². The zero-order valence-electron chi connectivity index (χ0n) is 13.5. The average molecular weight is 358 g/mol. The third-order valence-corrected chi connectivity index (χ3v) is 3.99. The van der Waals surface area contributed by atoms with Crippen LogP contribution < -0.4 is 15.5 Å². The molecule has 0 saturated carbocycles. The Labute approximate surface area is 149 Å². The van der Waals surface area contributed by atoms with E-state index < -0.39 is 6.04 Å². The van der Waals surface area contributed by atoms with Gasteiger partial charge in [0, 0.05) is 23.3 Å². The number of carbonyl (C=O) groups is 3. The summed E-state index contributed by atoms with van der Waals surface area (Å²) in [4.78, 5) is 37.0. The molecule has 3 amide bonds. The number of anilines is 3. The van der Waals surface area contributed by atoms with Gasteiger partial charge in [0.05, 0.1) is 12.1 Å². The van der Waals surface area contributed by atoms with E-state index in [2.05, 4.69) is 10.6 Å². The van der Waals surface area contributed by atoms with Crippen molar-refractivity contribution in [2.24, 2.45) is 0 Å².